The Morgan fingerprint density at radius 1 is 1.07 bits per heavy atom. The van der Waals surface area contributed by atoms with Crippen molar-refractivity contribution in [2.24, 2.45) is 0 Å². The summed E-state index contributed by atoms with van der Waals surface area (Å²) in [7, 11) is 0. The summed E-state index contributed by atoms with van der Waals surface area (Å²) >= 11 is 0.857. The van der Waals surface area contributed by atoms with E-state index in [2.05, 4.69) is 10.4 Å². The number of aryl methyl sites for hydroxylation is 1. The highest BCUT2D eigenvalue weighted by Gasteiger charge is 2.26. The zero-order valence-electron chi connectivity index (χ0n) is 14.3. The normalized spacial score (nSPS) is 15.4. The average molecular weight is 379 g/mol. The topological polar surface area (TPSA) is 64.0 Å². The van der Waals surface area contributed by atoms with E-state index in [1.807, 2.05) is 31.2 Å². The standard InChI is InChI=1S/C20H14FN3O2S/c1-12-2-4-13(5-3-12)18-14(10-17-19(25)22-20(26)27-17)11-24(23-18)16-8-6-15(21)7-9-16/h2-11H,1H3,(H,22,25,26)/b17-10-. The first-order valence-electron chi connectivity index (χ1n) is 8.17. The molecule has 2 heterocycles. The van der Waals surface area contributed by atoms with E-state index in [0.29, 0.717) is 21.8 Å². The van der Waals surface area contributed by atoms with Gasteiger partial charge in [-0.05, 0) is 49.0 Å². The van der Waals surface area contributed by atoms with Crippen molar-refractivity contribution < 1.29 is 14.0 Å². The number of benzene rings is 2. The molecule has 0 spiro atoms. The van der Waals surface area contributed by atoms with Gasteiger partial charge in [0.25, 0.3) is 11.1 Å². The van der Waals surface area contributed by atoms with Crippen molar-refractivity contribution in [1.29, 1.82) is 0 Å². The molecule has 0 atom stereocenters. The first kappa shape index (κ1) is 17.2. The molecule has 0 bridgehead atoms. The van der Waals surface area contributed by atoms with Gasteiger partial charge in [-0.1, -0.05) is 29.8 Å². The van der Waals surface area contributed by atoms with Crippen molar-refractivity contribution in [2.75, 3.05) is 0 Å². The zero-order chi connectivity index (χ0) is 19.0. The van der Waals surface area contributed by atoms with Crippen LogP contribution in [0.25, 0.3) is 23.0 Å². The highest BCUT2D eigenvalue weighted by molar-refractivity contribution is 8.18. The number of halogens is 1. The van der Waals surface area contributed by atoms with E-state index in [1.54, 1.807) is 29.1 Å². The smallest absolute Gasteiger partial charge is 0.282 e. The summed E-state index contributed by atoms with van der Waals surface area (Å²) in [6, 6.07) is 13.8. The molecule has 2 amide bonds. The van der Waals surface area contributed by atoms with Crippen LogP contribution in [0.5, 0.6) is 0 Å². The Bertz CT molecular complexity index is 1070. The number of hydrogen-bond donors (Lipinski definition) is 1. The number of nitrogens with zero attached hydrogens (tertiary/aromatic N) is 2. The molecule has 1 saturated heterocycles. The van der Waals surface area contributed by atoms with E-state index in [0.717, 1.165) is 22.9 Å². The molecular weight excluding hydrogens is 365 g/mol. The quantitative estimate of drug-likeness (QED) is 0.689. The van der Waals surface area contributed by atoms with Crippen LogP contribution in [0.2, 0.25) is 0 Å². The van der Waals surface area contributed by atoms with Crippen LogP contribution >= 0.6 is 11.8 Å². The molecule has 134 valence electrons. The monoisotopic (exact) mass is 379 g/mol. The Kier molecular flexibility index (Phi) is 4.37. The van der Waals surface area contributed by atoms with Crippen LogP contribution in [0, 0.1) is 12.7 Å². The molecule has 0 aliphatic carbocycles. The molecule has 3 aromatic rings. The van der Waals surface area contributed by atoms with Gasteiger partial charge in [-0.2, -0.15) is 5.10 Å². The number of amides is 2. The molecular formula is C20H14FN3O2S. The van der Waals surface area contributed by atoms with Crippen molar-refractivity contribution in [2.45, 2.75) is 6.92 Å². The first-order chi connectivity index (χ1) is 13.0. The second-order valence-electron chi connectivity index (χ2n) is 6.07. The van der Waals surface area contributed by atoms with E-state index in [-0.39, 0.29) is 5.82 Å². The number of carbonyl (C=O) groups excluding carboxylic acids is 2. The van der Waals surface area contributed by atoms with Gasteiger partial charge in [0.2, 0.25) is 0 Å². The summed E-state index contributed by atoms with van der Waals surface area (Å²) < 4.78 is 14.8. The van der Waals surface area contributed by atoms with Crippen molar-refractivity contribution in [1.82, 2.24) is 15.1 Å². The highest BCUT2D eigenvalue weighted by Crippen LogP contribution is 2.30. The van der Waals surface area contributed by atoms with Gasteiger partial charge in [0.05, 0.1) is 16.3 Å². The maximum atomic E-state index is 13.2. The second-order valence-corrected chi connectivity index (χ2v) is 7.09. The molecule has 2 aromatic carbocycles. The molecule has 27 heavy (non-hydrogen) atoms. The zero-order valence-corrected chi connectivity index (χ0v) is 15.1. The molecule has 0 saturated carbocycles. The lowest BCUT2D eigenvalue weighted by atomic mass is 10.1. The average Bonchev–Trinajstić information content (AvgIpc) is 3.20. The fourth-order valence-electron chi connectivity index (χ4n) is 2.72. The lowest BCUT2D eigenvalue weighted by Crippen LogP contribution is -2.17. The molecule has 1 aromatic heterocycles. The second kappa shape index (κ2) is 6.85. The number of carbonyl (C=O) groups is 2. The minimum absolute atomic E-state index is 0.312. The molecule has 1 N–H and O–H groups in total. The van der Waals surface area contributed by atoms with E-state index in [1.165, 1.54) is 12.1 Å². The number of aromatic nitrogens is 2. The van der Waals surface area contributed by atoms with Crippen LogP contribution in [0.1, 0.15) is 11.1 Å². The number of thioether (sulfide) groups is 1. The Balaban J connectivity index is 1.83. The van der Waals surface area contributed by atoms with E-state index in [9.17, 15) is 14.0 Å². The summed E-state index contributed by atoms with van der Waals surface area (Å²) in [6.45, 7) is 1.99. The molecule has 4 rings (SSSR count). The van der Waals surface area contributed by atoms with E-state index in [4.69, 9.17) is 0 Å². The lowest BCUT2D eigenvalue weighted by Gasteiger charge is -2.01. The van der Waals surface area contributed by atoms with Gasteiger partial charge >= 0.3 is 0 Å². The summed E-state index contributed by atoms with van der Waals surface area (Å²) in [5, 5.41) is 6.47. The summed E-state index contributed by atoms with van der Waals surface area (Å²) in [5.74, 6) is -0.751. The Hall–Kier alpha value is -3.19. The van der Waals surface area contributed by atoms with Crippen molar-refractivity contribution in [3.05, 3.63) is 76.6 Å². The molecule has 1 aliphatic heterocycles. The molecule has 1 aliphatic rings. The number of nitrogens with one attached hydrogen (secondary N) is 1. The predicted octanol–water partition coefficient (Wildman–Crippen LogP) is 4.31. The third kappa shape index (κ3) is 3.54. The number of hydrogen-bond acceptors (Lipinski definition) is 4. The third-order valence-corrected chi connectivity index (χ3v) is 4.90. The van der Waals surface area contributed by atoms with Crippen LogP contribution in [0.15, 0.2) is 59.6 Å². The minimum Gasteiger partial charge on any atom is -0.282 e. The maximum Gasteiger partial charge on any atom is 0.290 e. The van der Waals surface area contributed by atoms with Gasteiger partial charge in [-0.3, -0.25) is 14.9 Å². The lowest BCUT2D eigenvalue weighted by molar-refractivity contribution is -0.115. The molecule has 0 radical (unpaired) electrons. The minimum atomic E-state index is -0.422. The Labute approximate surface area is 158 Å². The predicted molar refractivity (Wildman–Crippen MR) is 103 cm³/mol. The maximum absolute atomic E-state index is 13.2. The number of rotatable bonds is 3. The van der Waals surface area contributed by atoms with Crippen molar-refractivity contribution in [3.63, 3.8) is 0 Å². The summed E-state index contributed by atoms with van der Waals surface area (Å²) in [5.41, 5.74) is 4.04. The summed E-state index contributed by atoms with van der Waals surface area (Å²) in [6.07, 6.45) is 3.40. The summed E-state index contributed by atoms with van der Waals surface area (Å²) in [4.78, 5) is 23.7. The number of imide groups is 1. The Morgan fingerprint density at radius 3 is 2.41 bits per heavy atom. The van der Waals surface area contributed by atoms with E-state index < -0.39 is 11.1 Å². The third-order valence-electron chi connectivity index (χ3n) is 4.09. The molecule has 5 nitrogen and oxygen atoms in total. The van der Waals surface area contributed by atoms with Gasteiger partial charge in [-0.15, -0.1) is 0 Å². The SMILES string of the molecule is Cc1ccc(-c2nn(-c3ccc(F)cc3)cc2/C=C2\SC(=O)NC2=O)cc1. The fourth-order valence-corrected chi connectivity index (χ4v) is 3.39. The van der Waals surface area contributed by atoms with Crippen LogP contribution < -0.4 is 5.32 Å². The van der Waals surface area contributed by atoms with Crippen LogP contribution in [-0.4, -0.2) is 20.9 Å². The molecule has 0 unspecified atom stereocenters. The largest absolute Gasteiger partial charge is 0.290 e. The first-order valence-corrected chi connectivity index (χ1v) is 8.99. The Morgan fingerprint density at radius 2 is 1.78 bits per heavy atom. The van der Waals surface area contributed by atoms with Gasteiger partial charge in [0.1, 0.15) is 5.82 Å². The van der Waals surface area contributed by atoms with Gasteiger partial charge < -0.3 is 0 Å². The van der Waals surface area contributed by atoms with E-state index >= 15 is 0 Å². The van der Waals surface area contributed by atoms with Gasteiger partial charge in [-0.25, -0.2) is 9.07 Å². The fraction of sp³-hybridized carbons (Fsp3) is 0.0500. The van der Waals surface area contributed by atoms with Crippen LogP contribution in [-0.2, 0) is 4.79 Å². The van der Waals surface area contributed by atoms with Gasteiger partial charge in [0.15, 0.2) is 0 Å². The highest BCUT2D eigenvalue weighted by atomic mass is 32.2. The van der Waals surface area contributed by atoms with Crippen LogP contribution in [0.4, 0.5) is 9.18 Å². The van der Waals surface area contributed by atoms with Gasteiger partial charge in [0, 0.05) is 17.3 Å². The molecule has 7 heteroatoms. The van der Waals surface area contributed by atoms with Crippen LogP contribution in [0.3, 0.4) is 0 Å². The molecule has 1 fully saturated rings. The van der Waals surface area contributed by atoms with Crippen molar-refractivity contribution >= 4 is 29.0 Å². The van der Waals surface area contributed by atoms with Crippen molar-refractivity contribution in [3.8, 4) is 16.9 Å².